The Morgan fingerprint density at radius 3 is 2.11 bits per heavy atom. The molecule has 5 heteroatoms. The van der Waals surface area contributed by atoms with E-state index in [-0.39, 0.29) is 18.3 Å². The van der Waals surface area contributed by atoms with Crippen LogP contribution in [0.2, 0.25) is 5.02 Å². The predicted octanol–water partition coefficient (Wildman–Crippen LogP) is 3.71. The lowest BCUT2D eigenvalue weighted by Crippen LogP contribution is -2.41. The molecule has 1 aromatic carbocycles. The van der Waals surface area contributed by atoms with Crippen molar-refractivity contribution in [1.82, 2.24) is 0 Å². The maximum Gasteiger partial charge on any atom is 0.495 e. The largest absolute Gasteiger partial charge is 0.495 e. The van der Waals surface area contributed by atoms with E-state index in [0.29, 0.717) is 5.02 Å². The van der Waals surface area contributed by atoms with Gasteiger partial charge < -0.3 is 9.31 Å². The Labute approximate surface area is 122 Å². The molecule has 2 nitrogen and oxygen atoms in total. The second-order valence-corrected chi connectivity index (χ2v) is 6.90. The van der Waals surface area contributed by atoms with Gasteiger partial charge in [-0.25, -0.2) is 0 Å². The molecular weight excluding hydrogens is 314 g/mol. The van der Waals surface area contributed by atoms with Gasteiger partial charge in [0, 0.05) is 4.47 Å². The summed E-state index contributed by atoms with van der Waals surface area (Å²) < 4.78 is 12.9. The van der Waals surface area contributed by atoms with Gasteiger partial charge in [0.25, 0.3) is 0 Å². The standard InChI is InChI=1S/C13H17BBrClO2/c1-8-9(6-7-10(15)11(8)16)14-17-12(2,3)13(4,5)18-14/h6-7H,1-5H3. The number of rotatable bonds is 1. The Kier molecular flexibility index (Phi) is 3.61. The third-order valence-corrected chi connectivity index (χ3v) is 5.26. The fourth-order valence-corrected chi connectivity index (χ4v) is 2.49. The SMILES string of the molecule is Cc1c(B2OC(C)(C)C(C)(C)O2)ccc(Br)c1Cl. The lowest BCUT2D eigenvalue weighted by molar-refractivity contribution is 0.00578. The van der Waals surface area contributed by atoms with Crippen LogP contribution < -0.4 is 5.46 Å². The molecule has 1 aliphatic heterocycles. The second-order valence-electron chi connectivity index (χ2n) is 5.66. The summed E-state index contributed by atoms with van der Waals surface area (Å²) in [5.41, 5.74) is 1.32. The molecule has 0 saturated carbocycles. The monoisotopic (exact) mass is 330 g/mol. The van der Waals surface area contributed by atoms with Crippen molar-refractivity contribution in [2.75, 3.05) is 0 Å². The van der Waals surface area contributed by atoms with Crippen molar-refractivity contribution in [1.29, 1.82) is 0 Å². The minimum atomic E-state index is -0.361. The Morgan fingerprint density at radius 1 is 1.11 bits per heavy atom. The fraction of sp³-hybridized carbons (Fsp3) is 0.538. The molecule has 0 radical (unpaired) electrons. The quantitative estimate of drug-likeness (QED) is 0.731. The van der Waals surface area contributed by atoms with E-state index in [4.69, 9.17) is 20.9 Å². The highest BCUT2D eigenvalue weighted by Gasteiger charge is 2.52. The molecular formula is C13H17BBrClO2. The van der Waals surface area contributed by atoms with E-state index in [0.717, 1.165) is 15.5 Å². The summed E-state index contributed by atoms with van der Waals surface area (Å²) in [6.45, 7) is 10.2. The van der Waals surface area contributed by atoms with Crippen LogP contribution in [0.1, 0.15) is 33.3 Å². The Hall–Kier alpha value is -0.0251. The van der Waals surface area contributed by atoms with Crippen LogP contribution >= 0.6 is 27.5 Å². The first-order chi connectivity index (χ1) is 8.16. The van der Waals surface area contributed by atoms with Gasteiger partial charge in [0.1, 0.15) is 0 Å². The molecule has 1 aliphatic rings. The molecule has 0 spiro atoms. The number of benzene rings is 1. The molecule has 1 fully saturated rings. The second kappa shape index (κ2) is 4.52. The Balaban J connectivity index is 2.39. The lowest BCUT2D eigenvalue weighted by Gasteiger charge is -2.32. The average Bonchev–Trinajstić information content (AvgIpc) is 2.45. The van der Waals surface area contributed by atoms with Crippen LogP contribution in [0.25, 0.3) is 0 Å². The smallest absolute Gasteiger partial charge is 0.399 e. The lowest BCUT2D eigenvalue weighted by atomic mass is 9.76. The van der Waals surface area contributed by atoms with Gasteiger partial charge >= 0.3 is 7.12 Å². The van der Waals surface area contributed by atoms with Gasteiger partial charge in [-0.15, -0.1) is 0 Å². The van der Waals surface area contributed by atoms with E-state index in [1.54, 1.807) is 0 Å². The molecule has 0 aliphatic carbocycles. The molecule has 0 atom stereocenters. The first kappa shape index (κ1) is 14.4. The van der Waals surface area contributed by atoms with E-state index in [1.165, 1.54) is 0 Å². The highest BCUT2D eigenvalue weighted by molar-refractivity contribution is 9.10. The average molecular weight is 331 g/mol. The molecule has 18 heavy (non-hydrogen) atoms. The molecule has 2 rings (SSSR count). The molecule has 1 aromatic rings. The van der Waals surface area contributed by atoms with Gasteiger partial charge in [0.05, 0.1) is 16.2 Å². The molecule has 1 saturated heterocycles. The number of hydrogen-bond donors (Lipinski definition) is 0. The maximum absolute atomic E-state index is 6.25. The summed E-state index contributed by atoms with van der Waals surface area (Å²) in [6, 6.07) is 3.92. The molecule has 0 amide bonds. The Morgan fingerprint density at radius 2 is 1.61 bits per heavy atom. The van der Waals surface area contributed by atoms with E-state index < -0.39 is 0 Å². The van der Waals surface area contributed by atoms with Crippen molar-refractivity contribution < 1.29 is 9.31 Å². The van der Waals surface area contributed by atoms with Crippen molar-refractivity contribution in [2.45, 2.75) is 45.8 Å². The van der Waals surface area contributed by atoms with Crippen molar-refractivity contribution in [3.63, 3.8) is 0 Å². The molecule has 1 heterocycles. The van der Waals surface area contributed by atoms with E-state index in [2.05, 4.69) is 15.9 Å². The first-order valence-electron chi connectivity index (χ1n) is 5.96. The van der Waals surface area contributed by atoms with Crippen LogP contribution in [0.15, 0.2) is 16.6 Å². The van der Waals surface area contributed by atoms with Crippen molar-refractivity contribution in [3.8, 4) is 0 Å². The minimum Gasteiger partial charge on any atom is -0.399 e. The third kappa shape index (κ3) is 2.24. The van der Waals surface area contributed by atoms with Gasteiger partial charge in [-0.2, -0.15) is 0 Å². The van der Waals surface area contributed by atoms with E-state index in [1.807, 2.05) is 46.8 Å². The number of hydrogen-bond acceptors (Lipinski definition) is 2. The molecule has 0 N–H and O–H groups in total. The van der Waals surface area contributed by atoms with Crippen LogP contribution in [-0.4, -0.2) is 18.3 Å². The normalized spacial score (nSPS) is 21.4. The van der Waals surface area contributed by atoms with Crippen LogP contribution in [-0.2, 0) is 9.31 Å². The van der Waals surface area contributed by atoms with Crippen molar-refractivity contribution in [2.24, 2.45) is 0 Å². The summed E-state index contributed by atoms with van der Waals surface area (Å²) in [5.74, 6) is 0. The third-order valence-electron chi connectivity index (χ3n) is 3.89. The summed E-state index contributed by atoms with van der Waals surface area (Å²) in [7, 11) is -0.361. The molecule has 98 valence electrons. The van der Waals surface area contributed by atoms with E-state index >= 15 is 0 Å². The zero-order valence-electron chi connectivity index (χ0n) is 11.3. The van der Waals surface area contributed by atoms with Gasteiger partial charge in [-0.1, -0.05) is 17.7 Å². The zero-order chi connectivity index (χ0) is 13.7. The summed E-state index contributed by atoms with van der Waals surface area (Å²) >= 11 is 9.67. The summed E-state index contributed by atoms with van der Waals surface area (Å²) in [4.78, 5) is 0. The van der Waals surface area contributed by atoms with Crippen LogP contribution in [0.4, 0.5) is 0 Å². The van der Waals surface area contributed by atoms with Crippen molar-refractivity contribution in [3.05, 3.63) is 27.2 Å². The van der Waals surface area contributed by atoms with Gasteiger partial charge in [-0.3, -0.25) is 0 Å². The van der Waals surface area contributed by atoms with Crippen LogP contribution in [0.5, 0.6) is 0 Å². The van der Waals surface area contributed by atoms with Crippen LogP contribution in [0, 0.1) is 6.92 Å². The first-order valence-corrected chi connectivity index (χ1v) is 7.13. The molecule has 0 bridgehead atoms. The fourth-order valence-electron chi connectivity index (χ4n) is 1.89. The highest BCUT2D eigenvalue weighted by Crippen LogP contribution is 2.37. The maximum atomic E-state index is 6.25. The molecule has 0 unspecified atom stereocenters. The summed E-state index contributed by atoms with van der Waals surface area (Å²) in [5, 5.41) is 0.710. The molecule has 0 aromatic heterocycles. The topological polar surface area (TPSA) is 18.5 Å². The number of halogens is 2. The zero-order valence-corrected chi connectivity index (χ0v) is 13.6. The van der Waals surface area contributed by atoms with Crippen LogP contribution in [0.3, 0.4) is 0 Å². The van der Waals surface area contributed by atoms with Gasteiger partial charge in [0.15, 0.2) is 0 Å². The minimum absolute atomic E-state index is 0.330. The Bertz CT molecular complexity index is 472. The van der Waals surface area contributed by atoms with Crippen molar-refractivity contribution >= 4 is 40.1 Å². The van der Waals surface area contributed by atoms with E-state index in [9.17, 15) is 0 Å². The van der Waals surface area contributed by atoms with Gasteiger partial charge in [-0.05, 0) is 67.6 Å². The van der Waals surface area contributed by atoms with Gasteiger partial charge in [0.2, 0.25) is 0 Å². The predicted molar refractivity (Wildman–Crippen MR) is 79.6 cm³/mol. The highest BCUT2D eigenvalue weighted by atomic mass is 79.9. The summed E-state index contributed by atoms with van der Waals surface area (Å²) in [6.07, 6.45) is 0.